The predicted molar refractivity (Wildman–Crippen MR) is 71.2 cm³/mol. The lowest BCUT2D eigenvalue weighted by Gasteiger charge is -2.23. The van der Waals surface area contributed by atoms with Crippen molar-refractivity contribution in [3.05, 3.63) is 45.9 Å². The first-order valence-electron chi connectivity index (χ1n) is 6.01. The van der Waals surface area contributed by atoms with Gasteiger partial charge in [-0.1, -0.05) is 18.2 Å². The smallest absolute Gasteiger partial charge is 0.122 e. The van der Waals surface area contributed by atoms with Crippen LogP contribution in [-0.2, 0) is 17.8 Å². The third kappa shape index (κ3) is 2.26. The molecular weight excluding hydrogens is 246 g/mol. The first-order valence-corrected chi connectivity index (χ1v) is 6.88. The van der Waals surface area contributed by atoms with Crippen LogP contribution >= 0.6 is 11.3 Å². The topological polar surface area (TPSA) is 31.4 Å². The first kappa shape index (κ1) is 11.7. The summed E-state index contributed by atoms with van der Waals surface area (Å²) in [5.74, 6) is 1.39. The molecule has 2 heterocycles. The van der Waals surface area contributed by atoms with E-state index >= 15 is 0 Å². The maximum absolute atomic E-state index is 5.80. The van der Waals surface area contributed by atoms with Crippen LogP contribution in [0.2, 0.25) is 0 Å². The van der Waals surface area contributed by atoms with Crippen LogP contribution in [-0.4, -0.2) is 18.7 Å². The van der Waals surface area contributed by atoms with Crippen LogP contribution in [0.15, 0.2) is 29.6 Å². The molecule has 94 valence electrons. The summed E-state index contributed by atoms with van der Waals surface area (Å²) in [5.41, 5.74) is 2.29. The van der Waals surface area contributed by atoms with E-state index in [1.807, 2.05) is 12.1 Å². The second kappa shape index (κ2) is 5.08. The molecule has 0 radical (unpaired) electrons. The fraction of sp³-hybridized carbons (Fsp3) is 0.357. The molecule has 1 unspecified atom stereocenters. The Kier molecular flexibility index (Phi) is 3.30. The van der Waals surface area contributed by atoms with E-state index in [0.717, 1.165) is 29.5 Å². The fourth-order valence-electron chi connectivity index (χ4n) is 2.21. The molecule has 1 aliphatic heterocycles. The minimum atomic E-state index is 0.371. The normalized spacial score (nSPS) is 18.2. The van der Waals surface area contributed by atoms with E-state index in [0.29, 0.717) is 12.5 Å². The number of ether oxygens (including phenoxy) is 2. The molecule has 0 fully saturated rings. The molecule has 0 N–H and O–H groups in total. The molecule has 1 aromatic carbocycles. The number of fused-ring (bicyclic) bond motifs is 1. The Morgan fingerprint density at radius 3 is 3.22 bits per heavy atom. The fourth-order valence-corrected chi connectivity index (χ4v) is 3.10. The summed E-state index contributed by atoms with van der Waals surface area (Å²) < 4.78 is 10.9. The Hall–Kier alpha value is -1.39. The average Bonchev–Trinajstić information content (AvgIpc) is 2.87. The van der Waals surface area contributed by atoms with Crippen LogP contribution < -0.4 is 4.74 Å². The molecule has 2 aromatic rings. The zero-order chi connectivity index (χ0) is 12.4. The zero-order valence-corrected chi connectivity index (χ0v) is 11.1. The Bertz CT molecular complexity index is 538. The monoisotopic (exact) mass is 261 g/mol. The van der Waals surface area contributed by atoms with Crippen molar-refractivity contribution in [2.75, 3.05) is 13.7 Å². The van der Waals surface area contributed by atoms with Gasteiger partial charge in [-0.15, -0.1) is 11.3 Å². The summed E-state index contributed by atoms with van der Waals surface area (Å²) in [7, 11) is 1.69. The molecule has 0 aliphatic carbocycles. The maximum Gasteiger partial charge on any atom is 0.122 e. The lowest BCUT2D eigenvalue weighted by atomic mass is 9.97. The number of para-hydroxylation sites is 1. The summed E-state index contributed by atoms with van der Waals surface area (Å²) in [6.07, 6.45) is 1.01. The van der Waals surface area contributed by atoms with Gasteiger partial charge in [-0.25, -0.2) is 4.98 Å². The first-order chi connectivity index (χ1) is 8.86. The standard InChI is InChI=1S/C14H15NO2S/c1-16-8-12-9-18-14(15-12)11-6-10-4-2-3-5-13(10)17-7-11/h2-5,9,11H,6-8H2,1H3. The molecule has 18 heavy (non-hydrogen) atoms. The van der Waals surface area contributed by atoms with E-state index in [1.165, 1.54) is 5.56 Å². The number of nitrogens with zero attached hydrogens (tertiary/aromatic N) is 1. The number of rotatable bonds is 3. The van der Waals surface area contributed by atoms with Crippen molar-refractivity contribution in [1.82, 2.24) is 4.98 Å². The molecular formula is C14H15NO2S. The molecule has 4 heteroatoms. The van der Waals surface area contributed by atoms with Crippen molar-refractivity contribution in [2.45, 2.75) is 18.9 Å². The van der Waals surface area contributed by atoms with Gasteiger partial charge in [-0.2, -0.15) is 0 Å². The van der Waals surface area contributed by atoms with Crippen molar-refractivity contribution in [2.24, 2.45) is 0 Å². The summed E-state index contributed by atoms with van der Waals surface area (Å²) in [4.78, 5) is 4.61. The van der Waals surface area contributed by atoms with Crippen LogP contribution in [0.1, 0.15) is 22.2 Å². The van der Waals surface area contributed by atoms with Gasteiger partial charge in [-0.3, -0.25) is 0 Å². The largest absolute Gasteiger partial charge is 0.493 e. The van der Waals surface area contributed by atoms with Crippen molar-refractivity contribution in [3.63, 3.8) is 0 Å². The van der Waals surface area contributed by atoms with Crippen LogP contribution in [0.5, 0.6) is 5.75 Å². The molecule has 1 aliphatic rings. The molecule has 3 nitrogen and oxygen atoms in total. The van der Waals surface area contributed by atoms with Gasteiger partial charge < -0.3 is 9.47 Å². The predicted octanol–water partition coefficient (Wildman–Crippen LogP) is 3.01. The summed E-state index contributed by atoms with van der Waals surface area (Å²) in [6.45, 7) is 1.30. The van der Waals surface area contributed by atoms with Crippen LogP contribution in [0, 0.1) is 0 Å². The minimum absolute atomic E-state index is 0.371. The lowest BCUT2D eigenvalue weighted by molar-refractivity contribution is 0.181. The van der Waals surface area contributed by atoms with Gasteiger partial charge in [0.2, 0.25) is 0 Å². The van der Waals surface area contributed by atoms with Gasteiger partial charge in [-0.05, 0) is 18.1 Å². The number of thiazole rings is 1. The Balaban J connectivity index is 1.78. The highest BCUT2D eigenvalue weighted by Gasteiger charge is 2.23. The molecule has 1 atom stereocenters. The van der Waals surface area contributed by atoms with E-state index in [2.05, 4.69) is 22.5 Å². The number of hydrogen-bond donors (Lipinski definition) is 0. The number of hydrogen-bond acceptors (Lipinski definition) is 4. The van der Waals surface area contributed by atoms with Crippen molar-refractivity contribution in [1.29, 1.82) is 0 Å². The van der Waals surface area contributed by atoms with Crippen LogP contribution in [0.4, 0.5) is 0 Å². The highest BCUT2D eigenvalue weighted by molar-refractivity contribution is 7.09. The van der Waals surface area contributed by atoms with Crippen molar-refractivity contribution < 1.29 is 9.47 Å². The zero-order valence-electron chi connectivity index (χ0n) is 10.3. The maximum atomic E-state index is 5.80. The molecule has 0 spiro atoms. The Morgan fingerprint density at radius 2 is 2.33 bits per heavy atom. The van der Waals surface area contributed by atoms with E-state index < -0.39 is 0 Å². The summed E-state index contributed by atoms with van der Waals surface area (Å²) in [5, 5.41) is 3.22. The van der Waals surface area contributed by atoms with E-state index in [-0.39, 0.29) is 0 Å². The van der Waals surface area contributed by atoms with E-state index in [4.69, 9.17) is 9.47 Å². The van der Waals surface area contributed by atoms with Crippen molar-refractivity contribution in [3.8, 4) is 5.75 Å². The highest BCUT2D eigenvalue weighted by Crippen LogP contribution is 2.33. The molecule has 3 rings (SSSR count). The van der Waals surface area contributed by atoms with Gasteiger partial charge in [0, 0.05) is 18.4 Å². The SMILES string of the molecule is COCc1csc(C2COc3ccccc3C2)n1. The molecule has 0 bridgehead atoms. The van der Waals surface area contributed by atoms with Gasteiger partial charge >= 0.3 is 0 Å². The quantitative estimate of drug-likeness (QED) is 0.851. The van der Waals surface area contributed by atoms with Gasteiger partial charge in [0.15, 0.2) is 0 Å². The Morgan fingerprint density at radius 1 is 1.44 bits per heavy atom. The highest BCUT2D eigenvalue weighted by atomic mass is 32.1. The average molecular weight is 261 g/mol. The van der Waals surface area contributed by atoms with Gasteiger partial charge in [0.25, 0.3) is 0 Å². The lowest BCUT2D eigenvalue weighted by Crippen LogP contribution is -2.19. The van der Waals surface area contributed by atoms with E-state index in [1.54, 1.807) is 18.4 Å². The minimum Gasteiger partial charge on any atom is -0.493 e. The molecule has 1 aromatic heterocycles. The Labute approximate surface area is 110 Å². The third-order valence-electron chi connectivity index (χ3n) is 3.09. The molecule has 0 amide bonds. The number of aromatic nitrogens is 1. The van der Waals surface area contributed by atoms with E-state index in [9.17, 15) is 0 Å². The second-order valence-electron chi connectivity index (χ2n) is 4.43. The van der Waals surface area contributed by atoms with Crippen molar-refractivity contribution >= 4 is 11.3 Å². The number of benzene rings is 1. The van der Waals surface area contributed by atoms with Crippen LogP contribution in [0.25, 0.3) is 0 Å². The molecule has 0 saturated heterocycles. The summed E-state index contributed by atoms with van der Waals surface area (Å²) >= 11 is 1.70. The number of methoxy groups -OCH3 is 1. The van der Waals surface area contributed by atoms with Gasteiger partial charge in [0.1, 0.15) is 5.75 Å². The second-order valence-corrected chi connectivity index (χ2v) is 5.32. The third-order valence-corrected chi connectivity index (χ3v) is 4.15. The summed E-state index contributed by atoms with van der Waals surface area (Å²) in [6, 6.07) is 8.23. The van der Waals surface area contributed by atoms with Gasteiger partial charge in [0.05, 0.1) is 23.9 Å². The molecule has 0 saturated carbocycles. The van der Waals surface area contributed by atoms with Crippen LogP contribution in [0.3, 0.4) is 0 Å².